The van der Waals surface area contributed by atoms with Gasteiger partial charge >= 0.3 is 0 Å². The van der Waals surface area contributed by atoms with Crippen molar-refractivity contribution in [3.05, 3.63) is 35.6 Å². The molecule has 1 aromatic carbocycles. The van der Waals surface area contributed by atoms with Gasteiger partial charge in [-0.05, 0) is 45.9 Å². The molecule has 0 fully saturated rings. The molecule has 0 saturated heterocycles. The minimum atomic E-state index is -0.507. The maximum Gasteiger partial charge on any atom is 0.295 e. The standard InChI is InChI=1S/C15H21FN2O2/c1-5-18(6-2)15(20-11(3)4)17-14(19)12-8-7-9-13(16)10-12/h7-11H,5-6H2,1-4H3. The molecule has 0 aliphatic heterocycles. The quantitative estimate of drug-likeness (QED) is 0.628. The van der Waals surface area contributed by atoms with Crippen LogP contribution >= 0.6 is 0 Å². The molecule has 0 unspecified atom stereocenters. The van der Waals surface area contributed by atoms with Crippen LogP contribution in [0.1, 0.15) is 38.1 Å². The summed E-state index contributed by atoms with van der Waals surface area (Å²) in [6, 6.07) is 5.75. The van der Waals surface area contributed by atoms with E-state index < -0.39 is 11.7 Å². The van der Waals surface area contributed by atoms with E-state index >= 15 is 0 Å². The van der Waals surface area contributed by atoms with Crippen molar-refractivity contribution < 1.29 is 13.9 Å². The van der Waals surface area contributed by atoms with Gasteiger partial charge in [0.2, 0.25) is 0 Å². The number of rotatable bonds is 4. The van der Waals surface area contributed by atoms with Gasteiger partial charge < -0.3 is 9.64 Å². The predicted molar refractivity (Wildman–Crippen MR) is 77.3 cm³/mol. The average molecular weight is 280 g/mol. The van der Waals surface area contributed by atoms with Crippen molar-refractivity contribution in [3.8, 4) is 0 Å². The third-order valence-electron chi connectivity index (χ3n) is 2.64. The van der Waals surface area contributed by atoms with Gasteiger partial charge in [-0.2, -0.15) is 4.99 Å². The molecule has 4 nitrogen and oxygen atoms in total. The molecule has 0 aromatic heterocycles. The fourth-order valence-electron chi connectivity index (χ4n) is 1.65. The van der Waals surface area contributed by atoms with Crippen LogP contribution in [0.15, 0.2) is 29.3 Å². The highest BCUT2D eigenvalue weighted by atomic mass is 19.1. The van der Waals surface area contributed by atoms with E-state index in [9.17, 15) is 9.18 Å². The zero-order valence-electron chi connectivity index (χ0n) is 12.4. The van der Waals surface area contributed by atoms with E-state index in [1.165, 1.54) is 24.3 Å². The number of amides is 1. The molecule has 0 aliphatic rings. The van der Waals surface area contributed by atoms with E-state index in [0.717, 1.165) is 0 Å². The van der Waals surface area contributed by atoms with Crippen molar-refractivity contribution in [2.45, 2.75) is 33.8 Å². The van der Waals surface area contributed by atoms with Crippen LogP contribution in [0.5, 0.6) is 0 Å². The number of carbonyl (C=O) groups is 1. The van der Waals surface area contributed by atoms with Gasteiger partial charge in [0.1, 0.15) is 5.82 Å². The van der Waals surface area contributed by atoms with E-state index in [-0.39, 0.29) is 17.7 Å². The summed E-state index contributed by atoms with van der Waals surface area (Å²) >= 11 is 0. The van der Waals surface area contributed by atoms with E-state index in [1.54, 1.807) is 0 Å². The number of amidine groups is 1. The Balaban J connectivity index is 3.02. The fraction of sp³-hybridized carbons (Fsp3) is 0.467. The van der Waals surface area contributed by atoms with Gasteiger partial charge in [0.25, 0.3) is 11.9 Å². The number of aliphatic imine (C=N–C) groups is 1. The third-order valence-corrected chi connectivity index (χ3v) is 2.64. The molecular formula is C15H21FN2O2. The topological polar surface area (TPSA) is 41.9 Å². The summed E-state index contributed by atoms with van der Waals surface area (Å²) in [7, 11) is 0. The Morgan fingerprint density at radius 1 is 1.35 bits per heavy atom. The first-order valence-electron chi connectivity index (χ1n) is 6.78. The van der Waals surface area contributed by atoms with Gasteiger partial charge in [-0.1, -0.05) is 6.07 Å². The van der Waals surface area contributed by atoms with Gasteiger partial charge in [0, 0.05) is 18.7 Å². The first-order valence-corrected chi connectivity index (χ1v) is 6.78. The van der Waals surface area contributed by atoms with Crippen molar-refractivity contribution in [1.82, 2.24) is 4.90 Å². The normalized spacial score (nSPS) is 11.6. The molecule has 0 aliphatic carbocycles. The Labute approximate surface area is 119 Å². The largest absolute Gasteiger partial charge is 0.462 e. The van der Waals surface area contributed by atoms with Crippen molar-refractivity contribution in [3.63, 3.8) is 0 Å². The van der Waals surface area contributed by atoms with Crippen LogP contribution in [0.25, 0.3) is 0 Å². The average Bonchev–Trinajstić information content (AvgIpc) is 2.39. The minimum Gasteiger partial charge on any atom is -0.462 e. The summed E-state index contributed by atoms with van der Waals surface area (Å²) in [5, 5.41) is 0. The molecule has 1 aromatic rings. The van der Waals surface area contributed by atoms with Crippen molar-refractivity contribution in [2.75, 3.05) is 13.1 Å². The molecule has 1 amide bonds. The van der Waals surface area contributed by atoms with Crippen LogP contribution in [0.3, 0.4) is 0 Å². The Morgan fingerprint density at radius 3 is 2.50 bits per heavy atom. The Hall–Kier alpha value is -1.91. The molecule has 0 spiro atoms. The summed E-state index contributed by atoms with van der Waals surface area (Å²) in [6.07, 6.45) is -0.0883. The van der Waals surface area contributed by atoms with E-state index in [1.807, 2.05) is 32.6 Å². The van der Waals surface area contributed by atoms with Gasteiger partial charge in [-0.25, -0.2) is 4.39 Å². The monoisotopic (exact) mass is 280 g/mol. The Kier molecular flexibility index (Phi) is 6.15. The fourth-order valence-corrected chi connectivity index (χ4v) is 1.65. The maximum absolute atomic E-state index is 13.1. The van der Waals surface area contributed by atoms with Gasteiger partial charge in [-0.15, -0.1) is 0 Å². The SMILES string of the molecule is CCN(CC)C(=NC(=O)c1cccc(F)c1)OC(C)C. The summed E-state index contributed by atoms with van der Waals surface area (Å²) in [6.45, 7) is 9.00. The lowest BCUT2D eigenvalue weighted by Gasteiger charge is -2.23. The molecule has 0 N–H and O–H groups in total. The molecule has 20 heavy (non-hydrogen) atoms. The van der Waals surface area contributed by atoms with Crippen LogP contribution in [0, 0.1) is 5.82 Å². The van der Waals surface area contributed by atoms with E-state index in [2.05, 4.69) is 4.99 Å². The highest BCUT2D eigenvalue weighted by Gasteiger charge is 2.14. The molecule has 1 rings (SSSR count). The molecule has 0 bridgehead atoms. The maximum atomic E-state index is 13.1. The molecule has 0 saturated carbocycles. The van der Waals surface area contributed by atoms with Gasteiger partial charge in [0.05, 0.1) is 6.10 Å². The number of halogens is 1. The van der Waals surface area contributed by atoms with Crippen molar-refractivity contribution >= 4 is 11.9 Å². The van der Waals surface area contributed by atoms with Crippen LogP contribution < -0.4 is 0 Å². The molecule has 0 heterocycles. The Morgan fingerprint density at radius 2 is 2.00 bits per heavy atom. The summed E-state index contributed by atoms with van der Waals surface area (Å²) < 4.78 is 18.7. The number of carbonyl (C=O) groups excluding carboxylic acids is 1. The highest BCUT2D eigenvalue weighted by Crippen LogP contribution is 2.07. The molecule has 0 atom stereocenters. The zero-order valence-corrected chi connectivity index (χ0v) is 12.4. The molecule has 110 valence electrons. The lowest BCUT2D eigenvalue weighted by atomic mass is 10.2. The smallest absolute Gasteiger partial charge is 0.295 e. The van der Waals surface area contributed by atoms with Crippen LogP contribution in [0.2, 0.25) is 0 Å². The first-order chi connectivity index (χ1) is 9.47. The van der Waals surface area contributed by atoms with E-state index in [0.29, 0.717) is 13.1 Å². The summed E-state index contributed by atoms with van der Waals surface area (Å²) in [4.78, 5) is 17.9. The highest BCUT2D eigenvalue weighted by molar-refractivity contribution is 6.01. The summed E-state index contributed by atoms with van der Waals surface area (Å²) in [5.74, 6) is -0.965. The minimum absolute atomic E-state index is 0.0883. The number of hydrogen-bond donors (Lipinski definition) is 0. The van der Waals surface area contributed by atoms with Crippen LogP contribution in [0.4, 0.5) is 4.39 Å². The second-order valence-corrected chi connectivity index (χ2v) is 4.55. The third kappa shape index (κ3) is 4.64. The molecule has 0 radical (unpaired) electrons. The number of nitrogens with zero attached hydrogens (tertiary/aromatic N) is 2. The lowest BCUT2D eigenvalue weighted by molar-refractivity contribution is 0.0989. The first kappa shape index (κ1) is 16.1. The second-order valence-electron chi connectivity index (χ2n) is 4.55. The molecule has 5 heteroatoms. The van der Waals surface area contributed by atoms with Gasteiger partial charge in [0.15, 0.2) is 0 Å². The lowest BCUT2D eigenvalue weighted by Crippen LogP contribution is -2.35. The summed E-state index contributed by atoms with van der Waals surface area (Å²) in [5.41, 5.74) is 0.210. The van der Waals surface area contributed by atoms with E-state index in [4.69, 9.17) is 4.74 Å². The Bertz CT molecular complexity index is 483. The number of hydrogen-bond acceptors (Lipinski definition) is 2. The number of ether oxygens (including phenoxy) is 1. The predicted octanol–water partition coefficient (Wildman–Crippen LogP) is 3.09. The van der Waals surface area contributed by atoms with Crippen molar-refractivity contribution in [2.24, 2.45) is 4.99 Å². The van der Waals surface area contributed by atoms with Crippen molar-refractivity contribution in [1.29, 1.82) is 0 Å². The number of benzene rings is 1. The molecular weight excluding hydrogens is 259 g/mol. The van der Waals surface area contributed by atoms with Gasteiger partial charge in [-0.3, -0.25) is 4.79 Å². The second kappa shape index (κ2) is 7.62. The zero-order chi connectivity index (χ0) is 15.1. The van der Waals surface area contributed by atoms with Crippen LogP contribution in [-0.4, -0.2) is 36.0 Å². The van der Waals surface area contributed by atoms with Crippen LogP contribution in [-0.2, 0) is 4.74 Å².